The Hall–Kier alpha value is -3.02. The number of anilines is 2. The highest BCUT2D eigenvalue weighted by atomic mass is 35.5. The molecule has 3 aromatic carbocycles. The Bertz CT molecular complexity index is 1030. The lowest BCUT2D eigenvalue weighted by Crippen LogP contribution is -2.25. The van der Waals surface area contributed by atoms with Crippen molar-refractivity contribution >= 4 is 28.9 Å². The van der Waals surface area contributed by atoms with Crippen LogP contribution < -0.4 is 10.6 Å². The first kappa shape index (κ1) is 24.6. The number of carbonyl (C=O) groups is 1. The Morgan fingerprint density at radius 2 is 1.52 bits per heavy atom. The van der Waals surface area contributed by atoms with Gasteiger partial charge in [0.25, 0.3) is 5.91 Å². The second kappa shape index (κ2) is 12.3. The molecule has 0 bridgehead atoms. The Balaban J connectivity index is 1.58. The number of carbonyl (C=O) groups excluding carboxylic acids is 1. The zero-order chi connectivity index (χ0) is 23.6. The normalized spacial score (nSPS) is 10.9. The van der Waals surface area contributed by atoms with E-state index in [2.05, 4.69) is 29.4 Å². The molecule has 0 radical (unpaired) electrons. The molecule has 5 nitrogen and oxygen atoms in total. The standard InChI is InChI=1S/C27H32ClN3O2/c1-3-15-31(16-4-2)19-22-17-20(5-14-26(22)32)18-29-27(33)21-6-10-24(11-7-21)30-25-12-8-23(28)9-13-25/h5-14,17,30,32H,3-4,15-16,18-19H2,1-2H3,(H,29,33). The summed E-state index contributed by atoms with van der Waals surface area (Å²) in [5.41, 5.74) is 4.26. The molecule has 3 rings (SSSR count). The highest BCUT2D eigenvalue weighted by molar-refractivity contribution is 6.30. The summed E-state index contributed by atoms with van der Waals surface area (Å²) in [6.45, 7) is 7.42. The number of nitrogens with one attached hydrogen (secondary N) is 2. The summed E-state index contributed by atoms with van der Waals surface area (Å²) in [5, 5.41) is 17.2. The molecule has 0 unspecified atom stereocenters. The predicted molar refractivity (Wildman–Crippen MR) is 136 cm³/mol. The van der Waals surface area contributed by atoms with Crippen LogP contribution in [-0.2, 0) is 13.1 Å². The Morgan fingerprint density at radius 1 is 0.909 bits per heavy atom. The molecule has 0 heterocycles. The van der Waals surface area contributed by atoms with Gasteiger partial charge in [0.05, 0.1) is 0 Å². The van der Waals surface area contributed by atoms with Gasteiger partial charge in [-0.15, -0.1) is 0 Å². The summed E-state index contributed by atoms with van der Waals surface area (Å²) in [4.78, 5) is 15.0. The minimum absolute atomic E-state index is 0.138. The minimum Gasteiger partial charge on any atom is -0.508 e. The molecule has 0 fully saturated rings. The van der Waals surface area contributed by atoms with Crippen LogP contribution in [-0.4, -0.2) is 29.0 Å². The molecular formula is C27H32ClN3O2. The van der Waals surface area contributed by atoms with Crippen molar-refractivity contribution in [2.45, 2.75) is 39.8 Å². The van der Waals surface area contributed by atoms with Crippen LogP contribution in [0.15, 0.2) is 66.7 Å². The fourth-order valence-corrected chi connectivity index (χ4v) is 3.83. The van der Waals surface area contributed by atoms with Gasteiger partial charge in [-0.2, -0.15) is 0 Å². The number of nitrogens with zero attached hydrogens (tertiary/aromatic N) is 1. The molecule has 0 aromatic heterocycles. The van der Waals surface area contributed by atoms with Crippen LogP contribution in [0, 0.1) is 0 Å². The van der Waals surface area contributed by atoms with Gasteiger partial charge >= 0.3 is 0 Å². The summed E-state index contributed by atoms with van der Waals surface area (Å²) in [7, 11) is 0. The molecule has 0 saturated heterocycles. The number of halogens is 1. The van der Waals surface area contributed by atoms with Gasteiger partial charge in [0.15, 0.2) is 0 Å². The number of phenolic OH excluding ortho intramolecular Hbond substituents is 1. The zero-order valence-electron chi connectivity index (χ0n) is 19.3. The van der Waals surface area contributed by atoms with Gasteiger partial charge < -0.3 is 15.7 Å². The highest BCUT2D eigenvalue weighted by Gasteiger charge is 2.10. The van der Waals surface area contributed by atoms with Crippen LogP contribution in [0.4, 0.5) is 11.4 Å². The first-order valence-electron chi connectivity index (χ1n) is 11.4. The van der Waals surface area contributed by atoms with Crippen LogP contribution in [0.25, 0.3) is 0 Å². The quantitative estimate of drug-likeness (QED) is 0.309. The van der Waals surface area contributed by atoms with Gasteiger partial charge in [-0.25, -0.2) is 0 Å². The average Bonchev–Trinajstić information content (AvgIpc) is 2.81. The maximum Gasteiger partial charge on any atom is 0.251 e. The van der Waals surface area contributed by atoms with Crippen molar-refractivity contribution in [2.75, 3.05) is 18.4 Å². The van der Waals surface area contributed by atoms with E-state index >= 15 is 0 Å². The molecule has 0 aliphatic carbocycles. The van der Waals surface area contributed by atoms with E-state index in [4.69, 9.17) is 11.6 Å². The lowest BCUT2D eigenvalue weighted by atomic mass is 10.1. The molecule has 0 spiro atoms. The van der Waals surface area contributed by atoms with Crippen LogP contribution in [0.2, 0.25) is 5.02 Å². The third-order valence-corrected chi connectivity index (χ3v) is 5.60. The maximum atomic E-state index is 12.6. The number of hydrogen-bond donors (Lipinski definition) is 3. The van der Waals surface area contributed by atoms with Crippen LogP contribution in [0.5, 0.6) is 5.75 Å². The number of rotatable bonds is 11. The number of aromatic hydroxyl groups is 1. The molecule has 174 valence electrons. The molecule has 0 aliphatic heterocycles. The van der Waals surface area contributed by atoms with Crippen LogP contribution >= 0.6 is 11.6 Å². The van der Waals surface area contributed by atoms with Gasteiger partial charge in [0.1, 0.15) is 5.75 Å². The smallest absolute Gasteiger partial charge is 0.251 e. The first-order valence-corrected chi connectivity index (χ1v) is 11.8. The van der Waals surface area contributed by atoms with Gasteiger partial charge in [-0.3, -0.25) is 9.69 Å². The van der Waals surface area contributed by atoms with E-state index in [0.29, 0.717) is 29.4 Å². The maximum absolute atomic E-state index is 12.6. The second-order valence-electron chi connectivity index (χ2n) is 8.13. The number of hydrogen-bond acceptors (Lipinski definition) is 4. The van der Waals surface area contributed by atoms with Crippen molar-refractivity contribution in [3.05, 3.63) is 88.4 Å². The topological polar surface area (TPSA) is 64.6 Å². The number of benzene rings is 3. The summed E-state index contributed by atoms with van der Waals surface area (Å²) in [6.07, 6.45) is 2.15. The van der Waals surface area contributed by atoms with E-state index in [9.17, 15) is 9.90 Å². The molecular weight excluding hydrogens is 434 g/mol. The fourth-order valence-electron chi connectivity index (χ4n) is 3.71. The molecule has 0 saturated carbocycles. The summed E-state index contributed by atoms with van der Waals surface area (Å²) in [6, 6.07) is 20.3. The SMILES string of the molecule is CCCN(CCC)Cc1cc(CNC(=O)c2ccc(Nc3ccc(Cl)cc3)cc2)ccc1O. The largest absolute Gasteiger partial charge is 0.508 e. The van der Waals surface area contributed by atoms with Gasteiger partial charge in [-0.1, -0.05) is 31.5 Å². The van der Waals surface area contributed by atoms with Gasteiger partial charge in [-0.05, 0) is 92.2 Å². The Kier molecular flexibility index (Phi) is 9.16. The average molecular weight is 466 g/mol. The van der Waals surface area contributed by atoms with Gasteiger partial charge in [0, 0.05) is 40.6 Å². The van der Waals surface area contributed by atoms with E-state index in [-0.39, 0.29) is 5.91 Å². The van der Waals surface area contributed by atoms with Crippen LogP contribution in [0.3, 0.4) is 0 Å². The molecule has 6 heteroatoms. The third kappa shape index (κ3) is 7.52. The van der Waals surface area contributed by atoms with Crippen LogP contribution in [0.1, 0.15) is 48.2 Å². The summed E-state index contributed by atoms with van der Waals surface area (Å²) >= 11 is 5.92. The molecule has 3 aromatic rings. The van der Waals surface area contributed by atoms with E-state index in [0.717, 1.165) is 48.4 Å². The third-order valence-electron chi connectivity index (χ3n) is 5.35. The molecule has 33 heavy (non-hydrogen) atoms. The molecule has 3 N–H and O–H groups in total. The van der Waals surface area contributed by atoms with Crippen molar-refractivity contribution in [3.8, 4) is 5.75 Å². The fraction of sp³-hybridized carbons (Fsp3) is 0.296. The summed E-state index contributed by atoms with van der Waals surface area (Å²) < 4.78 is 0. The Morgan fingerprint density at radius 3 is 2.12 bits per heavy atom. The van der Waals surface area contributed by atoms with E-state index in [1.54, 1.807) is 18.2 Å². The van der Waals surface area contributed by atoms with E-state index in [1.807, 2.05) is 48.5 Å². The predicted octanol–water partition coefficient (Wildman–Crippen LogP) is 6.34. The van der Waals surface area contributed by atoms with Crippen molar-refractivity contribution in [1.82, 2.24) is 10.2 Å². The second-order valence-corrected chi connectivity index (χ2v) is 8.57. The van der Waals surface area contributed by atoms with E-state index in [1.165, 1.54) is 0 Å². The first-order chi connectivity index (χ1) is 16.0. The lowest BCUT2D eigenvalue weighted by Gasteiger charge is -2.22. The minimum atomic E-state index is -0.138. The Labute approximate surface area is 201 Å². The van der Waals surface area contributed by atoms with E-state index < -0.39 is 0 Å². The molecule has 0 atom stereocenters. The van der Waals surface area contributed by atoms with Crippen molar-refractivity contribution in [3.63, 3.8) is 0 Å². The van der Waals surface area contributed by atoms with Crippen molar-refractivity contribution in [1.29, 1.82) is 0 Å². The lowest BCUT2D eigenvalue weighted by molar-refractivity contribution is 0.0951. The van der Waals surface area contributed by atoms with Crippen molar-refractivity contribution < 1.29 is 9.90 Å². The van der Waals surface area contributed by atoms with Crippen molar-refractivity contribution in [2.24, 2.45) is 0 Å². The number of amides is 1. The molecule has 1 amide bonds. The zero-order valence-corrected chi connectivity index (χ0v) is 20.0. The monoisotopic (exact) mass is 465 g/mol. The summed E-state index contributed by atoms with van der Waals surface area (Å²) in [5.74, 6) is 0.160. The molecule has 0 aliphatic rings. The van der Waals surface area contributed by atoms with Gasteiger partial charge in [0.2, 0.25) is 0 Å². The highest BCUT2D eigenvalue weighted by Crippen LogP contribution is 2.22. The number of phenols is 1.